The molecular weight excluding hydrogens is 232 g/mol. The molecule has 0 spiro atoms. The molecule has 2 aromatic rings. The van der Waals surface area contributed by atoms with Crippen LogP contribution in [0.4, 0.5) is 0 Å². The average molecular weight is 248 g/mol. The summed E-state index contributed by atoms with van der Waals surface area (Å²) in [6, 6.07) is 6.34. The van der Waals surface area contributed by atoms with Gasteiger partial charge >= 0.3 is 0 Å². The van der Waals surface area contributed by atoms with E-state index < -0.39 is 0 Å². The molecular formula is C13H16N2OS. The van der Waals surface area contributed by atoms with Crippen LogP contribution in [-0.4, -0.2) is 12.0 Å². The topological polar surface area (TPSA) is 38.1 Å². The van der Waals surface area contributed by atoms with Crippen LogP contribution >= 0.6 is 11.8 Å². The fourth-order valence-corrected chi connectivity index (χ4v) is 2.56. The van der Waals surface area contributed by atoms with Crippen LogP contribution in [0.1, 0.15) is 24.3 Å². The molecule has 2 rings (SSSR count). The molecule has 0 bridgehead atoms. The second kappa shape index (κ2) is 5.38. The van der Waals surface area contributed by atoms with Crippen LogP contribution in [0.15, 0.2) is 45.0 Å². The monoisotopic (exact) mass is 248 g/mol. The van der Waals surface area contributed by atoms with E-state index >= 15 is 0 Å². The average Bonchev–Trinajstić information content (AvgIpc) is 2.75. The lowest BCUT2D eigenvalue weighted by atomic mass is 10.1. The number of hydrogen-bond acceptors (Lipinski definition) is 4. The predicted molar refractivity (Wildman–Crippen MR) is 69.3 cm³/mol. The molecule has 17 heavy (non-hydrogen) atoms. The molecule has 0 saturated carbocycles. The minimum absolute atomic E-state index is 0.290. The minimum Gasteiger partial charge on any atom is -0.468 e. The highest BCUT2D eigenvalue weighted by Gasteiger charge is 2.12. The fourth-order valence-electron chi connectivity index (χ4n) is 1.56. The second-order valence-corrected chi connectivity index (χ2v) is 4.88. The number of nitrogens with zero attached hydrogens (tertiary/aromatic N) is 1. The number of pyridine rings is 1. The summed E-state index contributed by atoms with van der Waals surface area (Å²) < 4.78 is 5.30. The van der Waals surface area contributed by atoms with E-state index in [0.717, 1.165) is 15.7 Å². The minimum atomic E-state index is 0.290. The lowest BCUT2D eigenvalue weighted by Crippen LogP contribution is -2.13. The van der Waals surface area contributed by atoms with Gasteiger partial charge in [-0.25, -0.2) is 4.98 Å². The Balaban J connectivity index is 2.30. The molecule has 0 radical (unpaired) electrons. The van der Waals surface area contributed by atoms with Crippen LogP contribution in [0.25, 0.3) is 0 Å². The van der Waals surface area contributed by atoms with Gasteiger partial charge in [-0.2, -0.15) is 0 Å². The zero-order valence-corrected chi connectivity index (χ0v) is 11.0. The van der Waals surface area contributed by atoms with Crippen molar-refractivity contribution in [2.45, 2.75) is 29.8 Å². The fraction of sp³-hybridized carbons (Fsp3) is 0.308. The lowest BCUT2D eigenvalue weighted by molar-refractivity contribution is 0.527. The van der Waals surface area contributed by atoms with E-state index in [1.165, 1.54) is 5.56 Å². The smallest absolute Gasteiger partial charge is 0.114 e. The van der Waals surface area contributed by atoms with Gasteiger partial charge in [0, 0.05) is 17.8 Å². The largest absolute Gasteiger partial charge is 0.468 e. The molecule has 1 N–H and O–H groups in total. The SMILES string of the molecule is CNC(C)c1cccnc1Sc1ccoc1C. The number of nitrogens with one attached hydrogen (secondary N) is 1. The van der Waals surface area contributed by atoms with Crippen LogP contribution in [-0.2, 0) is 0 Å². The van der Waals surface area contributed by atoms with Crippen LogP contribution in [0, 0.1) is 6.92 Å². The molecule has 3 nitrogen and oxygen atoms in total. The maximum absolute atomic E-state index is 5.30. The van der Waals surface area contributed by atoms with Crippen molar-refractivity contribution in [1.82, 2.24) is 10.3 Å². The van der Waals surface area contributed by atoms with Crippen LogP contribution in [0.3, 0.4) is 0 Å². The van der Waals surface area contributed by atoms with Gasteiger partial charge < -0.3 is 9.73 Å². The standard InChI is InChI=1S/C13H16N2OS/c1-9(14-3)11-5-4-7-15-13(11)17-12-6-8-16-10(12)2/h4-9,14H,1-3H3. The molecule has 0 aromatic carbocycles. The van der Waals surface area contributed by atoms with E-state index in [0.29, 0.717) is 6.04 Å². The molecule has 0 amide bonds. The summed E-state index contributed by atoms with van der Waals surface area (Å²) in [4.78, 5) is 5.56. The van der Waals surface area contributed by atoms with Gasteiger partial charge in [0.1, 0.15) is 10.8 Å². The van der Waals surface area contributed by atoms with E-state index in [2.05, 4.69) is 23.3 Å². The summed E-state index contributed by atoms with van der Waals surface area (Å²) in [6.07, 6.45) is 3.53. The summed E-state index contributed by atoms with van der Waals surface area (Å²) >= 11 is 1.65. The van der Waals surface area contributed by atoms with Gasteiger partial charge in [-0.15, -0.1) is 0 Å². The van der Waals surface area contributed by atoms with Crippen LogP contribution in [0.5, 0.6) is 0 Å². The molecule has 2 heterocycles. The van der Waals surface area contributed by atoms with Crippen molar-refractivity contribution in [2.75, 3.05) is 7.05 Å². The maximum atomic E-state index is 5.30. The Bertz CT molecular complexity index is 496. The van der Waals surface area contributed by atoms with Crippen molar-refractivity contribution in [3.8, 4) is 0 Å². The van der Waals surface area contributed by atoms with Crippen molar-refractivity contribution in [3.05, 3.63) is 42.0 Å². The first kappa shape index (κ1) is 12.2. The van der Waals surface area contributed by atoms with E-state index in [1.54, 1.807) is 18.0 Å². The Labute approximate surface area is 106 Å². The van der Waals surface area contributed by atoms with Gasteiger partial charge in [0.05, 0.1) is 11.2 Å². The summed E-state index contributed by atoms with van der Waals surface area (Å²) in [5, 5.41) is 4.27. The number of aromatic nitrogens is 1. The number of rotatable bonds is 4. The number of aryl methyl sites for hydroxylation is 1. The molecule has 0 aliphatic carbocycles. The Hall–Kier alpha value is -1.26. The van der Waals surface area contributed by atoms with Crippen molar-refractivity contribution < 1.29 is 4.42 Å². The first-order valence-electron chi connectivity index (χ1n) is 5.56. The number of furan rings is 1. The van der Waals surface area contributed by atoms with Gasteiger partial charge in [-0.3, -0.25) is 0 Å². The molecule has 0 aliphatic rings. The Morgan fingerprint density at radius 2 is 2.24 bits per heavy atom. The van der Waals surface area contributed by atoms with Gasteiger partial charge in [-0.05, 0) is 33.0 Å². The van der Waals surface area contributed by atoms with Crippen molar-refractivity contribution in [2.24, 2.45) is 0 Å². The highest BCUT2D eigenvalue weighted by atomic mass is 32.2. The van der Waals surface area contributed by atoms with Crippen molar-refractivity contribution in [1.29, 1.82) is 0 Å². The lowest BCUT2D eigenvalue weighted by Gasteiger charge is -2.13. The molecule has 4 heteroatoms. The summed E-state index contributed by atoms with van der Waals surface area (Å²) in [5.41, 5.74) is 1.21. The van der Waals surface area contributed by atoms with E-state index in [-0.39, 0.29) is 0 Å². The van der Waals surface area contributed by atoms with Crippen LogP contribution < -0.4 is 5.32 Å². The Morgan fingerprint density at radius 1 is 1.41 bits per heavy atom. The van der Waals surface area contributed by atoms with Crippen molar-refractivity contribution in [3.63, 3.8) is 0 Å². The Morgan fingerprint density at radius 3 is 2.88 bits per heavy atom. The first-order chi connectivity index (χ1) is 8.22. The first-order valence-corrected chi connectivity index (χ1v) is 6.38. The second-order valence-electron chi connectivity index (χ2n) is 3.85. The molecule has 1 atom stereocenters. The summed E-state index contributed by atoms with van der Waals surface area (Å²) in [6.45, 7) is 4.09. The third kappa shape index (κ3) is 2.70. The van der Waals surface area contributed by atoms with Gasteiger partial charge in [-0.1, -0.05) is 17.8 Å². The quantitative estimate of drug-likeness (QED) is 0.899. The molecule has 90 valence electrons. The normalized spacial score (nSPS) is 12.6. The third-order valence-corrected chi connectivity index (χ3v) is 3.90. The number of hydrogen-bond donors (Lipinski definition) is 1. The molecule has 0 saturated heterocycles. The zero-order chi connectivity index (χ0) is 12.3. The zero-order valence-electron chi connectivity index (χ0n) is 10.2. The van der Waals surface area contributed by atoms with E-state index in [9.17, 15) is 0 Å². The predicted octanol–water partition coefficient (Wildman–Crippen LogP) is 3.41. The molecule has 0 aliphatic heterocycles. The highest BCUT2D eigenvalue weighted by molar-refractivity contribution is 7.99. The summed E-state index contributed by atoms with van der Waals surface area (Å²) in [7, 11) is 1.95. The Kier molecular flexibility index (Phi) is 3.86. The van der Waals surface area contributed by atoms with Gasteiger partial charge in [0.2, 0.25) is 0 Å². The van der Waals surface area contributed by atoms with Gasteiger partial charge in [0.15, 0.2) is 0 Å². The third-order valence-electron chi connectivity index (χ3n) is 2.72. The van der Waals surface area contributed by atoms with Gasteiger partial charge in [0.25, 0.3) is 0 Å². The maximum Gasteiger partial charge on any atom is 0.114 e. The molecule has 2 aromatic heterocycles. The van der Waals surface area contributed by atoms with E-state index in [4.69, 9.17) is 4.42 Å². The molecule has 1 unspecified atom stereocenters. The highest BCUT2D eigenvalue weighted by Crippen LogP contribution is 2.33. The van der Waals surface area contributed by atoms with Crippen LogP contribution in [0.2, 0.25) is 0 Å². The van der Waals surface area contributed by atoms with E-state index in [1.807, 2.05) is 32.3 Å². The summed E-state index contributed by atoms with van der Waals surface area (Å²) in [5.74, 6) is 0.934. The molecule has 0 fully saturated rings. The van der Waals surface area contributed by atoms with Crippen molar-refractivity contribution >= 4 is 11.8 Å².